The molecule has 0 saturated heterocycles. The van der Waals surface area contributed by atoms with Gasteiger partial charge in [0.05, 0.1) is 12.3 Å². The van der Waals surface area contributed by atoms with Crippen LogP contribution in [0.3, 0.4) is 0 Å². The lowest BCUT2D eigenvalue weighted by molar-refractivity contribution is 0.419. The van der Waals surface area contributed by atoms with Gasteiger partial charge >= 0.3 is 0 Å². The smallest absolute Gasteiger partial charge is 0.226 e. The Labute approximate surface area is 153 Å². The number of phenols is 1. The molecule has 8 nitrogen and oxygen atoms in total. The maximum Gasteiger partial charge on any atom is 0.226 e. The molecule has 2 heterocycles. The van der Waals surface area contributed by atoms with Crippen molar-refractivity contribution in [1.82, 2.24) is 14.9 Å². The van der Waals surface area contributed by atoms with E-state index in [1.807, 2.05) is 19.1 Å². The highest BCUT2D eigenvalue weighted by Crippen LogP contribution is 2.21. The van der Waals surface area contributed by atoms with Gasteiger partial charge in [-0.15, -0.1) is 10.2 Å². The number of hydrogen-bond acceptors (Lipinski definition) is 8. The number of thioether (sulfide) groups is 1. The van der Waals surface area contributed by atoms with Crippen LogP contribution in [-0.2, 0) is 18.7 Å². The molecule has 3 N–H and O–H groups in total. The van der Waals surface area contributed by atoms with E-state index in [2.05, 4.69) is 15.6 Å². The normalized spacial score (nSPS) is 10.8. The fourth-order valence-electron chi connectivity index (χ4n) is 2.22. The van der Waals surface area contributed by atoms with Crippen LogP contribution in [0.15, 0.2) is 51.0 Å². The number of benzene rings is 1. The van der Waals surface area contributed by atoms with Crippen molar-refractivity contribution in [1.29, 1.82) is 0 Å². The first-order valence-corrected chi connectivity index (χ1v) is 8.95. The van der Waals surface area contributed by atoms with E-state index in [-0.39, 0.29) is 5.75 Å². The first kappa shape index (κ1) is 17.9. The minimum atomic E-state index is -0.479. The van der Waals surface area contributed by atoms with Crippen molar-refractivity contribution in [3.05, 3.63) is 64.0 Å². The van der Waals surface area contributed by atoms with Crippen LogP contribution in [0.25, 0.3) is 0 Å². The first-order chi connectivity index (χ1) is 12.6. The second-order valence-electron chi connectivity index (χ2n) is 5.47. The number of rotatable bonds is 7. The summed E-state index contributed by atoms with van der Waals surface area (Å²) in [6.07, 6.45) is 1.73. The Bertz CT molecular complexity index is 937. The number of hydrogen-bond donors (Lipinski definition) is 3. The molecule has 136 valence electrons. The summed E-state index contributed by atoms with van der Waals surface area (Å²) in [6.45, 7) is 2.52. The summed E-state index contributed by atoms with van der Waals surface area (Å²) in [5, 5.41) is 27.6. The van der Waals surface area contributed by atoms with E-state index in [1.165, 1.54) is 17.8 Å². The van der Waals surface area contributed by atoms with E-state index in [1.54, 1.807) is 16.8 Å². The molecule has 0 saturated carbocycles. The fourth-order valence-corrected chi connectivity index (χ4v) is 3.04. The predicted octanol–water partition coefficient (Wildman–Crippen LogP) is 2.24. The highest BCUT2D eigenvalue weighted by atomic mass is 32.2. The van der Waals surface area contributed by atoms with Crippen molar-refractivity contribution in [3.63, 3.8) is 0 Å². The van der Waals surface area contributed by atoms with Gasteiger partial charge in [-0.3, -0.25) is 4.79 Å². The van der Waals surface area contributed by atoms with Gasteiger partial charge in [0.25, 0.3) is 0 Å². The number of aryl methyl sites for hydroxylation is 1. The Balaban J connectivity index is 1.71. The second kappa shape index (κ2) is 7.96. The van der Waals surface area contributed by atoms with Crippen LogP contribution in [0, 0.1) is 0 Å². The van der Waals surface area contributed by atoms with E-state index in [4.69, 9.17) is 4.42 Å². The number of phenolic OH excluding ortho intramolecular Hbond substituents is 1. The van der Waals surface area contributed by atoms with Crippen LogP contribution in [0.2, 0.25) is 0 Å². The molecule has 0 bridgehead atoms. The van der Waals surface area contributed by atoms with E-state index in [0.717, 1.165) is 17.7 Å². The lowest BCUT2D eigenvalue weighted by atomic mass is 10.2. The summed E-state index contributed by atoms with van der Waals surface area (Å²) in [5.41, 5.74) is 3.78. The van der Waals surface area contributed by atoms with Crippen molar-refractivity contribution in [2.45, 2.75) is 30.8 Å². The maximum absolute atomic E-state index is 11.5. The Kier molecular flexibility index (Phi) is 5.47. The van der Waals surface area contributed by atoms with Gasteiger partial charge < -0.3 is 20.1 Å². The molecule has 0 unspecified atom stereocenters. The van der Waals surface area contributed by atoms with Gasteiger partial charge in [-0.05, 0) is 17.7 Å². The topological polar surface area (TPSA) is 113 Å². The molecule has 0 spiro atoms. The van der Waals surface area contributed by atoms with Crippen LogP contribution in [0.5, 0.6) is 11.5 Å². The highest BCUT2D eigenvalue weighted by Gasteiger charge is 2.12. The van der Waals surface area contributed by atoms with Crippen LogP contribution >= 0.6 is 11.8 Å². The van der Waals surface area contributed by atoms with E-state index >= 15 is 0 Å². The monoisotopic (exact) mass is 374 g/mol. The van der Waals surface area contributed by atoms with Gasteiger partial charge in [-0.1, -0.05) is 30.8 Å². The quantitative estimate of drug-likeness (QED) is 0.540. The number of nitrogens with one attached hydrogen (secondary N) is 1. The molecule has 3 rings (SSSR count). The highest BCUT2D eigenvalue weighted by molar-refractivity contribution is 7.98. The second-order valence-corrected chi connectivity index (χ2v) is 6.42. The molecule has 0 aliphatic carbocycles. The van der Waals surface area contributed by atoms with Crippen LogP contribution in [0.4, 0.5) is 0 Å². The Morgan fingerprint density at radius 2 is 2.00 bits per heavy atom. The molecule has 0 radical (unpaired) electrons. The standard InChI is InChI=1S/C17H18N4O4S/c1-2-16-19-20-17(26-10-13-7-14(23)15(24)9-25-13)21(16)18-8-11-3-5-12(22)6-4-11/h3-7,9,18,22,24H,2,8,10H2,1H3. The SMILES string of the molecule is CCc1nnc(SCc2cc(=O)c(O)co2)n1NCc1ccc(O)cc1. The fraction of sp³-hybridized carbons (Fsp3) is 0.235. The molecule has 26 heavy (non-hydrogen) atoms. The van der Waals surface area contributed by atoms with E-state index in [9.17, 15) is 15.0 Å². The van der Waals surface area contributed by atoms with Gasteiger partial charge in [-0.25, -0.2) is 4.68 Å². The van der Waals surface area contributed by atoms with Gasteiger partial charge in [0.15, 0.2) is 11.6 Å². The lowest BCUT2D eigenvalue weighted by Gasteiger charge is -2.12. The van der Waals surface area contributed by atoms with Crippen molar-refractivity contribution < 1.29 is 14.6 Å². The summed E-state index contributed by atoms with van der Waals surface area (Å²) in [7, 11) is 0. The molecule has 9 heteroatoms. The third-order valence-corrected chi connectivity index (χ3v) is 4.56. The zero-order chi connectivity index (χ0) is 18.5. The van der Waals surface area contributed by atoms with Gasteiger partial charge in [-0.2, -0.15) is 0 Å². The molecule has 1 aromatic carbocycles. The summed E-state index contributed by atoms with van der Waals surface area (Å²) in [5.74, 6) is 1.39. The number of nitrogens with zero attached hydrogens (tertiary/aromatic N) is 3. The van der Waals surface area contributed by atoms with Crippen molar-refractivity contribution in [2.75, 3.05) is 5.43 Å². The summed E-state index contributed by atoms with van der Waals surface area (Å²) >= 11 is 1.36. The molecule has 0 aliphatic rings. The molecule has 3 aromatic rings. The summed E-state index contributed by atoms with van der Waals surface area (Å²) in [6, 6.07) is 8.18. The maximum atomic E-state index is 11.5. The zero-order valence-corrected chi connectivity index (χ0v) is 14.9. The largest absolute Gasteiger partial charge is 0.508 e. The number of aromatic nitrogens is 3. The third-order valence-electron chi connectivity index (χ3n) is 3.60. The van der Waals surface area contributed by atoms with Crippen molar-refractivity contribution in [3.8, 4) is 11.5 Å². The first-order valence-electron chi connectivity index (χ1n) is 7.96. The van der Waals surface area contributed by atoms with Crippen molar-refractivity contribution >= 4 is 11.8 Å². The summed E-state index contributed by atoms with van der Waals surface area (Å²) in [4.78, 5) is 11.5. The molecule has 0 amide bonds. The summed E-state index contributed by atoms with van der Waals surface area (Å²) < 4.78 is 7.00. The molecule has 2 aromatic heterocycles. The molecule has 0 atom stereocenters. The van der Waals surface area contributed by atoms with Crippen LogP contribution < -0.4 is 10.9 Å². The van der Waals surface area contributed by atoms with Crippen LogP contribution in [0.1, 0.15) is 24.1 Å². The minimum Gasteiger partial charge on any atom is -0.508 e. The van der Waals surface area contributed by atoms with Crippen LogP contribution in [-0.4, -0.2) is 25.1 Å². The van der Waals surface area contributed by atoms with Crippen molar-refractivity contribution in [2.24, 2.45) is 0 Å². The van der Waals surface area contributed by atoms with E-state index < -0.39 is 11.2 Å². The molecular weight excluding hydrogens is 356 g/mol. The Morgan fingerprint density at radius 1 is 1.23 bits per heavy atom. The molecule has 0 aliphatic heterocycles. The van der Waals surface area contributed by atoms with Gasteiger partial charge in [0.2, 0.25) is 10.6 Å². The average molecular weight is 374 g/mol. The Hall–Kier alpha value is -2.94. The molecular formula is C17H18N4O4S. The lowest BCUT2D eigenvalue weighted by Crippen LogP contribution is -2.18. The third kappa shape index (κ3) is 4.17. The number of aromatic hydroxyl groups is 2. The average Bonchev–Trinajstić information content (AvgIpc) is 3.04. The van der Waals surface area contributed by atoms with E-state index in [0.29, 0.717) is 29.6 Å². The minimum absolute atomic E-state index is 0.221. The van der Waals surface area contributed by atoms with Gasteiger partial charge in [0, 0.05) is 12.5 Å². The van der Waals surface area contributed by atoms with Gasteiger partial charge in [0.1, 0.15) is 17.8 Å². The Morgan fingerprint density at radius 3 is 2.69 bits per heavy atom. The zero-order valence-electron chi connectivity index (χ0n) is 14.0. The predicted molar refractivity (Wildman–Crippen MR) is 96.8 cm³/mol. The molecule has 0 fully saturated rings.